The number of phenols is 1. The number of hydrogen-bond acceptors (Lipinski definition) is 17. The Balaban J connectivity index is 3.67. The molecule has 482 valence electrons. The van der Waals surface area contributed by atoms with Crippen molar-refractivity contribution in [2.45, 2.75) is 205 Å². The first kappa shape index (κ1) is 76.4. The number of nitrogens with one attached hydrogen (secondary N) is 9. The van der Waals surface area contributed by atoms with E-state index in [-0.39, 0.29) is 63.4 Å². The summed E-state index contributed by atoms with van der Waals surface area (Å²) in [4.78, 5) is 150. The lowest BCUT2D eigenvalue weighted by Crippen LogP contribution is -2.61. The number of thioether (sulfide) groups is 1. The first-order valence-electron chi connectivity index (χ1n) is 29.4. The minimum atomic E-state index is -1.66. The Morgan fingerprint density at radius 2 is 0.906 bits per heavy atom. The number of nitrogens with two attached hydrogens (primary N) is 4. The monoisotopic (exact) mass is 1220 g/mol. The van der Waals surface area contributed by atoms with E-state index < -0.39 is 150 Å². The van der Waals surface area contributed by atoms with Crippen LogP contribution in [0.25, 0.3) is 0 Å². The van der Waals surface area contributed by atoms with Gasteiger partial charge in [-0.05, 0) is 151 Å². The van der Waals surface area contributed by atoms with Crippen LogP contribution in [0.15, 0.2) is 24.3 Å². The number of phenolic OH excluding ortho intramolecular Hbond substituents is 1. The molecule has 0 fully saturated rings. The van der Waals surface area contributed by atoms with Crippen LogP contribution < -0.4 is 70.8 Å². The van der Waals surface area contributed by atoms with Gasteiger partial charge >= 0.3 is 11.9 Å². The molecule has 0 spiro atoms. The summed E-state index contributed by atoms with van der Waals surface area (Å²) in [6, 6.07) is -7.23. The van der Waals surface area contributed by atoms with Crippen molar-refractivity contribution in [2.24, 2.45) is 40.7 Å². The average molecular weight is 1220 g/mol. The highest BCUT2D eigenvalue weighted by Gasteiger charge is 2.37. The largest absolute Gasteiger partial charge is 0.508 e. The van der Waals surface area contributed by atoms with Crippen molar-refractivity contribution in [2.75, 3.05) is 31.6 Å². The molecular formula is C57H99N13O14S. The Morgan fingerprint density at radius 1 is 0.494 bits per heavy atom. The van der Waals surface area contributed by atoms with E-state index in [2.05, 4.69) is 47.9 Å². The van der Waals surface area contributed by atoms with Crippen LogP contribution in [0.2, 0.25) is 0 Å². The molecule has 11 atom stereocenters. The predicted molar refractivity (Wildman–Crippen MR) is 323 cm³/mol. The van der Waals surface area contributed by atoms with Gasteiger partial charge in [0.2, 0.25) is 53.2 Å². The predicted octanol–water partition coefficient (Wildman–Crippen LogP) is -0.517. The van der Waals surface area contributed by atoms with Crippen LogP contribution in [0.5, 0.6) is 5.75 Å². The summed E-state index contributed by atoms with van der Waals surface area (Å²) >= 11 is 1.39. The van der Waals surface area contributed by atoms with Crippen molar-refractivity contribution >= 4 is 76.9 Å². The van der Waals surface area contributed by atoms with Crippen molar-refractivity contribution in [1.82, 2.24) is 47.9 Å². The second-order valence-electron chi connectivity index (χ2n) is 22.2. The highest BCUT2D eigenvalue weighted by Crippen LogP contribution is 2.16. The molecule has 0 aliphatic carbocycles. The lowest BCUT2D eigenvalue weighted by molar-refractivity contribution is -0.142. The van der Waals surface area contributed by atoms with Gasteiger partial charge < -0.3 is 86.1 Å². The molecule has 0 saturated carbocycles. The fourth-order valence-corrected chi connectivity index (χ4v) is 9.25. The van der Waals surface area contributed by atoms with E-state index in [4.69, 9.17) is 22.9 Å². The van der Waals surface area contributed by atoms with Crippen LogP contribution in [-0.4, -0.2) is 172 Å². The SMILES string of the molecule is CC[C@H](C)[C@H](NC(=O)[C@H](C)NC(=O)[C@@H](N)CC(C)C)C(=O)N[C@@H](CCCCN)C(=O)N[C@@H](Cc1ccc(O)cc1)C(=O)N[C@@H](CCC(=O)O)C(=O)N[C@H](C(=O)N[C@@H](CCCCN)C(=O)N[C@@H](CCCCN)C(=O)N[C@@H](CCSC)C(=O)O)C(C)C. The molecule has 9 amide bonds. The molecule has 27 nitrogen and oxygen atoms in total. The summed E-state index contributed by atoms with van der Waals surface area (Å²) in [5.41, 5.74) is 23.7. The van der Waals surface area contributed by atoms with E-state index in [1.165, 1.54) is 43.0 Å². The van der Waals surface area contributed by atoms with E-state index in [0.29, 0.717) is 62.7 Å². The van der Waals surface area contributed by atoms with Crippen molar-refractivity contribution in [1.29, 1.82) is 0 Å². The Labute approximate surface area is 504 Å². The lowest BCUT2D eigenvalue weighted by Gasteiger charge is -2.30. The van der Waals surface area contributed by atoms with Crippen molar-refractivity contribution in [3.63, 3.8) is 0 Å². The Hall–Kier alpha value is -6.62. The van der Waals surface area contributed by atoms with Gasteiger partial charge in [0.1, 0.15) is 60.1 Å². The third-order valence-corrected chi connectivity index (χ3v) is 14.8. The summed E-state index contributed by atoms with van der Waals surface area (Å²) in [7, 11) is 0. The fourth-order valence-electron chi connectivity index (χ4n) is 8.77. The highest BCUT2D eigenvalue weighted by molar-refractivity contribution is 7.98. The number of rotatable bonds is 44. The number of aromatic hydroxyl groups is 1. The van der Waals surface area contributed by atoms with Crippen LogP contribution in [0.1, 0.15) is 144 Å². The highest BCUT2D eigenvalue weighted by atomic mass is 32.2. The van der Waals surface area contributed by atoms with E-state index in [0.717, 1.165) is 0 Å². The molecule has 28 heteroatoms. The van der Waals surface area contributed by atoms with Crippen LogP contribution in [0.3, 0.4) is 0 Å². The molecule has 85 heavy (non-hydrogen) atoms. The summed E-state index contributed by atoms with van der Waals surface area (Å²) < 4.78 is 0. The summed E-state index contributed by atoms with van der Waals surface area (Å²) in [6.07, 6.45) is 3.80. The second kappa shape index (κ2) is 41.4. The molecule has 1 aromatic rings. The maximum atomic E-state index is 14.6. The maximum Gasteiger partial charge on any atom is 0.326 e. The molecule has 0 aliphatic heterocycles. The number of carboxylic acids is 2. The Bertz CT molecular complexity index is 2300. The molecule has 0 aliphatic rings. The summed E-state index contributed by atoms with van der Waals surface area (Å²) in [5.74, 6) is -10.6. The van der Waals surface area contributed by atoms with Gasteiger partial charge in [-0.25, -0.2) is 4.79 Å². The molecule has 20 N–H and O–H groups in total. The second-order valence-corrected chi connectivity index (χ2v) is 23.2. The summed E-state index contributed by atoms with van der Waals surface area (Å²) in [6.45, 7) is 12.7. The van der Waals surface area contributed by atoms with E-state index >= 15 is 0 Å². The van der Waals surface area contributed by atoms with E-state index in [1.54, 1.807) is 34.0 Å². The van der Waals surface area contributed by atoms with E-state index in [1.807, 2.05) is 13.8 Å². The van der Waals surface area contributed by atoms with Crippen molar-refractivity contribution < 1.29 is 68.1 Å². The van der Waals surface area contributed by atoms with Crippen LogP contribution in [-0.2, 0) is 59.2 Å². The van der Waals surface area contributed by atoms with Gasteiger partial charge in [0.05, 0.1) is 6.04 Å². The first-order chi connectivity index (χ1) is 40.1. The number of hydrogen-bond donors (Lipinski definition) is 16. The normalized spacial score (nSPS) is 15.2. The minimum absolute atomic E-state index is 0.0118. The lowest BCUT2D eigenvalue weighted by atomic mass is 9.96. The van der Waals surface area contributed by atoms with Gasteiger partial charge in [0.25, 0.3) is 0 Å². The zero-order chi connectivity index (χ0) is 64.3. The number of aliphatic carboxylic acids is 2. The number of carbonyl (C=O) groups excluding carboxylic acids is 9. The molecule has 1 rings (SSSR count). The number of benzene rings is 1. The standard InChI is InChI=1S/C57H99N13O14S/c1-9-34(6)47(70-48(74)35(7)62-49(75)38(61)30-32(2)3)56(82)66-41(18-12-15-28-60)52(78)68-44(31-36-19-21-37(71)22-20-36)54(80)64-42(23-24-45(72)73)53(79)69-46(33(4)5)55(81)65-40(17-11-14-27-59)50(76)63-39(16-10-13-26-58)51(77)67-43(57(83)84)25-29-85-8/h19-22,32-35,38-44,46-47,71H,9-18,23-31,58-61H2,1-8H3,(H,62,75)(H,63,76)(H,64,80)(H,65,81)(H,66,82)(H,67,77)(H,68,78)(H,69,79)(H,70,74)(H,72,73)(H,83,84)/t34-,35-,38-,39-,40-,41-,42-,43-,44-,46-,47-/m0/s1. The van der Waals surface area contributed by atoms with Crippen LogP contribution in [0.4, 0.5) is 0 Å². The average Bonchev–Trinajstić information content (AvgIpc) is 3.62. The third kappa shape index (κ3) is 29.8. The molecule has 0 saturated heterocycles. The zero-order valence-corrected chi connectivity index (χ0v) is 51.6. The molecule has 1 aromatic carbocycles. The van der Waals surface area contributed by atoms with Crippen LogP contribution in [0, 0.1) is 17.8 Å². The maximum absolute atomic E-state index is 14.6. The first-order valence-corrected chi connectivity index (χ1v) is 30.8. The number of unbranched alkanes of at least 4 members (excludes halogenated alkanes) is 3. The van der Waals surface area contributed by atoms with Crippen molar-refractivity contribution in [3.8, 4) is 5.75 Å². The molecule has 0 radical (unpaired) electrons. The van der Waals surface area contributed by atoms with Gasteiger partial charge in [-0.1, -0.05) is 60.1 Å². The molecule has 0 bridgehead atoms. The Kier molecular flexibility index (Phi) is 37.2. The zero-order valence-electron chi connectivity index (χ0n) is 50.8. The quantitative estimate of drug-likeness (QED) is 0.0366. The van der Waals surface area contributed by atoms with E-state index in [9.17, 15) is 68.1 Å². The topological polar surface area (TPSA) is 461 Å². The van der Waals surface area contributed by atoms with Gasteiger partial charge in [0, 0.05) is 12.8 Å². The smallest absolute Gasteiger partial charge is 0.326 e. The number of carbonyl (C=O) groups is 11. The fraction of sp³-hybridized carbons (Fsp3) is 0.702. The molecule has 0 aromatic heterocycles. The molecule has 0 heterocycles. The van der Waals surface area contributed by atoms with Gasteiger partial charge in [-0.2, -0.15) is 11.8 Å². The number of carboxylic acid groups (broad SMARTS) is 2. The van der Waals surface area contributed by atoms with Crippen LogP contribution >= 0.6 is 11.8 Å². The molecule has 0 unspecified atom stereocenters. The van der Waals surface area contributed by atoms with Gasteiger partial charge in [-0.15, -0.1) is 0 Å². The number of amides is 9. The van der Waals surface area contributed by atoms with Gasteiger partial charge in [0.15, 0.2) is 0 Å². The summed E-state index contributed by atoms with van der Waals surface area (Å²) in [5, 5.41) is 53.3. The third-order valence-electron chi connectivity index (χ3n) is 14.1. The minimum Gasteiger partial charge on any atom is -0.508 e. The van der Waals surface area contributed by atoms with Crippen molar-refractivity contribution in [3.05, 3.63) is 29.8 Å². The molecular weight excluding hydrogens is 1120 g/mol. The Morgan fingerprint density at radius 3 is 1.33 bits per heavy atom. The van der Waals surface area contributed by atoms with Gasteiger partial charge in [-0.3, -0.25) is 47.9 Å².